The summed E-state index contributed by atoms with van der Waals surface area (Å²) in [6, 6.07) is 4.55. The van der Waals surface area contributed by atoms with Crippen LogP contribution >= 0.6 is 11.8 Å². The van der Waals surface area contributed by atoms with Crippen molar-refractivity contribution >= 4 is 33.5 Å². The zero-order valence-corrected chi connectivity index (χ0v) is 14.0. The molecule has 0 unspecified atom stereocenters. The smallest absolute Gasteiger partial charge is 0.337 e. The molecule has 6 nitrogen and oxygen atoms in total. The Kier molecular flexibility index (Phi) is 6.71. The Bertz CT molecular complexity index is 648. The minimum Gasteiger partial charge on any atom is -0.337 e. The molecule has 0 bridgehead atoms. The van der Waals surface area contributed by atoms with Crippen molar-refractivity contribution in [1.29, 1.82) is 0 Å². The predicted octanol–water partition coefficient (Wildman–Crippen LogP) is 2.31. The number of nitrogens with zero attached hydrogens (tertiary/aromatic N) is 1. The Balaban J connectivity index is 2.53. The molecule has 0 aromatic heterocycles. The van der Waals surface area contributed by atoms with Crippen molar-refractivity contribution in [3.8, 4) is 0 Å². The Morgan fingerprint density at radius 3 is 2.52 bits per heavy atom. The van der Waals surface area contributed by atoms with Crippen molar-refractivity contribution in [2.75, 3.05) is 31.7 Å². The van der Waals surface area contributed by atoms with E-state index in [0.29, 0.717) is 0 Å². The number of alkyl halides is 3. The molecule has 1 aromatic rings. The number of halogens is 3. The third kappa shape index (κ3) is 7.57. The molecule has 0 saturated carbocycles. The van der Waals surface area contributed by atoms with Gasteiger partial charge in [-0.3, -0.25) is 0 Å². The fourth-order valence-corrected chi connectivity index (χ4v) is 2.75. The van der Waals surface area contributed by atoms with Crippen LogP contribution in [-0.2, 0) is 10.0 Å². The fourth-order valence-electron chi connectivity index (χ4n) is 1.42. The first-order valence-electron chi connectivity index (χ1n) is 6.30. The predicted molar refractivity (Wildman–Crippen MR) is 82.8 cm³/mol. The van der Waals surface area contributed by atoms with Gasteiger partial charge in [-0.1, -0.05) is 6.07 Å². The number of rotatable bonds is 6. The quantitative estimate of drug-likeness (QED) is 0.753. The normalized spacial score (nSPS) is 12.3. The van der Waals surface area contributed by atoms with E-state index in [4.69, 9.17) is 0 Å². The van der Waals surface area contributed by atoms with Crippen LogP contribution in [0.2, 0.25) is 0 Å². The average molecular weight is 371 g/mol. The van der Waals surface area contributed by atoms with Gasteiger partial charge in [0, 0.05) is 31.2 Å². The van der Waals surface area contributed by atoms with Gasteiger partial charge in [0.15, 0.2) is 0 Å². The molecule has 1 rings (SSSR count). The van der Waals surface area contributed by atoms with E-state index in [1.54, 1.807) is 0 Å². The number of amides is 2. The van der Waals surface area contributed by atoms with E-state index in [1.165, 1.54) is 38.4 Å². The Labute approximate surface area is 136 Å². The van der Waals surface area contributed by atoms with Crippen LogP contribution in [0.15, 0.2) is 29.2 Å². The topological polar surface area (TPSA) is 78.5 Å². The van der Waals surface area contributed by atoms with Crippen LogP contribution in [0.5, 0.6) is 0 Å². The van der Waals surface area contributed by atoms with Crippen LogP contribution < -0.4 is 10.6 Å². The second kappa shape index (κ2) is 7.88. The van der Waals surface area contributed by atoms with E-state index in [0.717, 1.165) is 4.31 Å². The second-order valence-electron chi connectivity index (χ2n) is 4.55. The molecule has 0 aliphatic carbocycles. The molecule has 0 atom stereocenters. The molecule has 0 radical (unpaired) electrons. The summed E-state index contributed by atoms with van der Waals surface area (Å²) < 4.78 is 60.9. The maximum absolute atomic E-state index is 12.3. The van der Waals surface area contributed by atoms with Crippen molar-refractivity contribution in [2.24, 2.45) is 0 Å². The Morgan fingerprint density at radius 2 is 1.96 bits per heavy atom. The summed E-state index contributed by atoms with van der Waals surface area (Å²) in [6.45, 7) is -0.122. The van der Waals surface area contributed by atoms with Gasteiger partial charge in [0.05, 0.1) is 5.75 Å². The van der Waals surface area contributed by atoms with Crippen molar-refractivity contribution in [1.82, 2.24) is 9.62 Å². The van der Waals surface area contributed by atoms with Gasteiger partial charge in [-0.25, -0.2) is 17.5 Å². The zero-order chi connectivity index (χ0) is 17.7. The monoisotopic (exact) mass is 371 g/mol. The van der Waals surface area contributed by atoms with Gasteiger partial charge >= 0.3 is 11.5 Å². The van der Waals surface area contributed by atoms with E-state index in [-0.39, 0.29) is 34.6 Å². The maximum atomic E-state index is 12.3. The molecule has 1 aromatic carbocycles. The lowest BCUT2D eigenvalue weighted by molar-refractivity contribution is -0.0328. The molecule has 2 amide bonds. The highest BCUT2D eigenvalue weighted by atomic mass is 32.2. The third-order valence-corrected chi connectivity index (χ3v) is 5.08. The molecular formula is C12H16F3N3O3S2. The number of urea groups is 1. The summed E-state index contributed by atoms with van der Waals surface area (Å²) in [4.78, 5) is 11.5. The van der Waals surface area contributed by atoms with Crippen LogP contribution in [0.3, 0.4) is 0 Å². The van der Waals surface area contributed by atoms with Gasteiger partial charge in [-0.15, -0.1) is 0 Å². The van der Waals surface area contributed by atoms with Gasteiger partial charge in [-0.05, 0) is 30.0 Å². The molecule has 2 N–H and O–H groups in total. The fraction of sp³-hybridized carbons (Fsp3) is 0.417. The third-order valence-electron chi connectivity index (χ3n) is 2.53. The SMILES string of the molecule is CN(C)S(=O)(=O)CCNC(=O)Nc1cccc(SC(F)(F)F)c1. The van der Waals surface area contributed by atoms with Crippen molar-refractivity contribution in [2.45, 2.75) is 10.4 Å². The molecule has 23 heavy (non-hydrogen) atoms. The van der Waals surface area contributed by atoms with Crippen molar-refractivity contribution in [3.05, 3.63) is 24.3 Å². The summed E-state index contributed by atoms with van der Waals surface area (Å²) in [5.74, 6) is -0.280. The highest BCUT2D eigenvalue weighted by Crippen LogP contribution is 2.37. The molecule has 0 heterocycles. The molecule has 11 heteroatoms. The summed E-state index contributed by atoms with van der Waals surface area (Å²) in [7, 11) is -0.683. The first-order chi connectivity index (χ1) is 10.5. The maximum Gasteiger partial charge on any atom is 0.446 e. The van der Waals surface area contributed by atoms with Gasteiger partial charge in [0.2, 0.25) is 10.0 Å². The highest BCUT2D eigenvalue weighted by Gasteiger charge is 2.29. The van der Waals surface area contributed by atoms with Crippen molar-refractivity contribution < 1.29 is 26.4 Å². The van der Waals surface area contributed by atoms with Crippen LogP contribution in [0.1, 0.15) is 0 Å². The van der Waals surface area contributed by atoms with Crippen LogP contribution in [0, 0.1) is 0 Å². The summed E-state index contributed by atoms with van der Waals surface area (Å²) in [5.41, 5.74) is -4.24. The Hall–Kier alpha value is -1.46. The van der Waals surface area contributed by atoms with E-state index in [9.17, 15) is 26.4 Å². The molecule has 0 spiro atoms. The molecule has 0 saturated heterocycles. The van der Waals surface area contributed by atoms with E-state index in [1.807, 2.05) is 0 Å². The number of thioether (sulfide) groups is 1. The van der Waals surface area contributed by atoms with Gasteiger partial charge < -0.3 is 10.6 Å². The van der Waals surface area contributed by atoms with Gasteiger partial charge in [0.25, 0.3) is 0 Å². The first-order valence-corrected chi connectivity index (χ1v) is 8.73. The number of benzene rings is 1. The first kappa shape index (κ1) is 19.6. The number of hydrogen-bond donors (Lipinski definition) is 2. The molecule has 0 aliphatic heterocycles. The standard InChI is InChI=1S/C12H16F3N3O3S2/c1-18(2)23(20,21)7-6-16-11(19)17-9-4-3-5-10(8-9)22-12(13,14)15/h3-5,8H,6-7H2,1-2H3,(H2,16,17,19). The van der Waals surface area contributed by atoms with E-state index in [2.05, 4.69) is 10.6 Å². The Morgan fingerprint density at radius 1 is 1.30 bits per heavy atom. The molecule has 0 aliphatic rings. The largest absolute Gasteiger partial charge is 0.446 e. The minimum atomic E-state index is -4.42. The molecule has 130 valence electrons. The molecule has 0 fully saturated rings. The lowest BCUT2D eigenvalue weighted by Crippen LogP contribution is -2.36. The number of sulfonamides is 1. The zero-order valence-electron chi connectivity index (χ0n) is 12.3. The summed E-state index contributed by atoms with van der Waals surface area (Å²) in [5, 5.41) is 4.67. The lowest BCUT2D eigenvalue weighted by atomic mass is 10.3. The number of anilines is 1. The van der Waals surface area contributed by atoms with Crippen LogP contribution in [0.4, 0.5) is 23.7 Å². The average Bonchev–Trinajstić information content (AvgIpc) is 2.36. The minimum absolute atomic E-state index is 0.0644. The number of hydrogen-bond acceptors (Lipinski definition) is 4. The summed E-state index contributed by atoms with van der Waals surface area (Å²) in [6.07, 6.45) is 0. The van der Waals surface area contributed by atoms with E-state index >= 15 is 0 Å². The molecular weight excluding hydrogens is 355 g/mol. The number of carbonyl (C=O) groups is 1. The second-order valence-corrected chi connectivity index (χ2v) is 8.00. The van der Waals surface area contributed by atoms with Crippen LogP contribution in [-0.4, -0.2) is 50.7 Å². The lowest BCUT2D eigenvalue weighted by Gasteiger charge is -2.12. The summed E-state index contributed by atoms with van der Waals surface area (Å²) >= 11 is -0.290. The van der Waals surface area contributed by atoms with Gasteiger partial charge in [-0.2, -0.15) is 13.2 Å². The van der Waals surface area contributed by atoms with E-state index < -0.39 is 21.6 Å². The van der Waals surface area contributed by atoms with Crippen molar-refractivity contribution in [3.63, 3.8) is 0 Å². The number of carbonyl (C=O) groups excluding carboxylic acids is 1. The van der Waals surface area contributed by atoms with Crippen LogP contribution in [0.25, 0.3) is 0 Å². The highest BCUT2D eigenvalue weighted by molar-refractivity contribution is 8.00. The number of nitrogens with one attached hydrogen (secondary N) is 2. The van der Waals surface area contributed by atoms with Gasteiger partial charge in [0.1, 0.15) is 0 Å².